The second-order valence-electron chi connectivity index (χ2n) is 11.2. The maximum atomic E-state index is 13.2. The summed E-state index contributed by atoms with van der Waals surface area (Å²) in [4.78, 5) is 18.1. The molecule has 39 heavy (non-hydrogen) atoms. The largest absolute Gasteiger partial charge is 0.369 e. The first kappa shape index (κ1) is 27.0. The van der Waals surface area contributed by atoms with Gasteiger partial charge in [0.15, 0.2) is 0 Å². The number of hydrogen-bond acceptors (Lipinski definition) is 4. The Labute approximate surface area is 236 Å². The molecule has 6 nitrogen and oxygen atoms in total. The number of rotatable bonds is 7. The summed E-state index contributed by atoms with van der Waals surface area (Å²) in [6, 6.07) is 24.7. The molecule has 1 amide bonds. The predicted molar refractivity (Wildman–Crippen MR) is 161 cm³/mol. The summed E-state index contributed by atoms with van der Waals surface area (Å²) < 4.78 is 0. The van der Waals surface area contributed by atoms with Gasteiger partial charge in [0.05, 0.1) is 0 Å². The van der Waals surface area contributed by atoms with Crippen LogP contribution in [0.3, 0.4) is 0 Å². The number of anilines is 2. The number of hydrogen-bond donors (Lipinski definition) is 2. The topological polar surface area (TPSA) is 64.3 Å². The average Bonchev–Trinajstić information content (AvgIpc) is 3.48. The fourth-order valence-electron chi connectivity index (χ4n) is 5.16. The number of carbonyl (C=O) groups excluding carboxylic acids is 1. The van der Waals surface area contributed by atoms with Gasteiger partial charge in [-0.05, 0) is 76.6 Å². The van der Waals surface area contributed by atoms with E-state index in [0.29, 0.717) is 10.7 Å². The zero-order chi connectivity index (χ0) is 27.4. The Morgan fingerprint density at radius 2 is 1.67 bits per heavy atom. The third kappa shape index (κ3) is 6.52. The molecule has 0 radical (unpaired) electrons. The molecule has 1 fully saturated rings. The van der Waals surface area contributed by atoms with Gasteiger partial charge in [-0.25, -0.2) is 0 Å². The summed E-state index contributed by atoms with van der Waals surface area (Å²) in [6.07, 6.45) is 2.42. The second-order valence-corrected chi connectivity index (χ2v) is 11.6. The molecule has 1 saturated heterocycles. The number of nitrogens with one attached hydrogen (secondary N) is 2. The van der Waals surface area contributed by atoms with Gasteiger partial charge < -0.3 is 10.2 Å². The van der Waals surface area contributed by atoms with Crippen LogP contribution in [0.4, 0.5) is 11.4 Å². The van der Waals surface area contributed by atoms with E-state index in [1.54, 1.807) is 12.3 Å². The van der Waals surface area contributed by atoms with Gasteiger partial charge in [0.1, 0.15) is 5.69 Å². The van der Waals surface area contributed by atoms with E-state index in [2.05, 4.69) is 101 Å². The summed E-state index contributed by atoms with van der Waals surface area (Å²) in [5.41, 5.74) is 6.90. The van der Waals surface area contributed by atoms with Gasteiger partial charge in [-0.1, -0.05) is 62.7 Å². The third-order valence-corrected chi connectivity index (χ3v) is 7.63. The first-order valence-corrected chi connectivity index (χ1v) is 13.9. The molecule has 2 heterocycles. The molecule has 0 saturated carbocycles. The normalized spacial score (nSPS) is 14.4. The molecule has 4 aromatic rings. The highest BCUT2D eigenvalue weighted by atomic mass is 35.5. The number of halogens is 1. The van der Waals surface area contributed by atoms with Crippen LogP contribution in [-0.2, 0) is 11.8 Å². The lowest BCUT2D eigenvalue weighted by Crippen LogP contribution is -2.47. The molecule has 202 valence electrons. The van der Waals surface area contributed by atoms with Crippen LogP contribution >= 0.6 is 11.6 Å². The van der Waals surface area contributed by atoms with E-state index in [4.69, 9.17) is 11.6 Å². The van der Waals surface area contributed by atoms with Crippen LogP contribution in [0.15, 0.2) is 79.0 Å². The first-order chi connectivity index (χ1) is 18.8. The number of carbonyl (C=O) groups is 1. The zero-order valence-electron chi connectivity index (χ0n) is 22.9. The first-order valence-electron chi connectivity index (χ1n) is 13.5. The molecule has 0 aliphatic carbocycles. The molecule has 2 N–H and O–H groups in total. The van der Waals surface area contributed by atoms with E-state index < -0.39 is 0 Å². The number of H-pyrrole nitrogens is 1. The van der Waals surface area contributed by atoms with Gasteiger partial charge in [-0.15, -0.1) is 0 Å². The van der Waals surface area contributed by atoms with Crippen molar-refractivity contribution in [2.45, 2.75) is 32.6 Å². The number of piperazine rings is 1. The highest BCUT2D eigenvalue weighted by molar-refractivity contribution is 6.30. The van der Waals surface area contributed by atoms with E-state index in [0.717, 1.165) is 67.1 Å². The van der Waals surface area contributed by atoms with E-state index in [1.807, 2.05) is 12.1 Å². The smallest absolute Gasteiger partial charge is 0.273 e. The number of benzene rings is 3. The minimum Gasteiger partial charge on any atom is -0.369 e. The molecule has 0 atom stereocenters. The third-order valence-electron chi connectivity index (χ3n) is 7.38. The molecule has 1 aromatic heterocycles. The van der Waals surface area contributed by atoms with E-state index in [9.17, 15) is 4.79 Å². The highest BCUT2D eigenvalue weighted by Gasteiger charge is 2.25. The summed E-state index contributed by atoms with van der Waals surface area (Å²) in [5, 5.41) is 10.7. The molecule has 1 aliphatic rings. The lowest BCUT2D eigenvalue weighted by molar-refractivity contribution is 0.102. The number of amides is 1. The fourth-order valence-corrected chi connectivity index (χ4v) is 5.28. The predicted octanol–water partition coefficient (Wildman–Crippen LogP) is 6.64. The SMILES string of the molecule is CC(C)(C)c1cc(-c2ccc(Cl)cc2)cc(CCN2CCN(c3ccccc3)CC2)c1NC(=O)c1ccn[nH]1. The number of para-hydroxylation sites is 1. The Kier molecular flexibility index (Phi) is 8.05. The minimum atomic E-state index is -0.185. The molecular formula is C32H36ClN5O. The van der Waals surface area contributed by atoms with Crippen molar-refractivity contribution in [1.82, 2.24) is 15.1 Å². The number of nitrogens with zero attached hydrogens (tertiary/aromatic N) is 3. The molecule has 5 rings (SSSR count). The van der Waals surface area contributed by atoms with Crippen LogP contribution in [0.25, 0.3) is 11.1 Å². The maximum Gasteiger partial charge on any atom is 0.273 e. The van der Waals surface area contributed by atoms with Crippen LogP contribution in [0.1, 0.15) is 42.4 Å². The van der Waals surface area contributed by atoms with Gasteiger partial charge in [0.2, 0.25) is 0 Å². The number of aromatic amines is 1. The van der Waals surface area contributed by atoms with Gasteiger partial charge in [0, 0.05) is 55.3 Å². The molecule has 1 aliphatic heterocycles. The van der Waals surface area contributed by atoms with Crippen molar-refractivity contribution in [3.8, 4) is 11.1 Å². The van der Waals surface area contributed by atoms with E-state index in [1.165, 1.54) is 5.69 Å². The number of aromatic nitrogens is 2. The van der Waals surface area contributed by atoms with Crippen molar-refractivity contribution in [3.63, 3.8) is 0 Å². The van der Waals surface area contributed by atoms with Gasteiger partial charge >= 0.3 is 0 Å². The van der Waals surface area contributed by atoms with Gasteiger partial charge in [0.25, 0.3) is 5.91 Å². The second kappa shape index (κ2) is 11.6. The summed E-state index contributed by atoms with van der Waals surface area (Å²) in [6.45, 7) is 11.5. The minimum absolute atomic E-state index is 0.185. The Balaban J connectivity index is 1.43. The van der Waals surface area contributed by atoms with Crippen LogP contribution < -0.4 is 10.2 Å². The van der Waals surface area contributed by atoms with Crippen LogP contribution in [0, 0.1) is 0 Å². The summed E-state index contributed by atoms with van der Waals surface area (Å²) >= 11 is 6.19. The Morgan fingerprint density at radius 3 is 2.31 bits per heavy atom. The Hall–Kier alpha value is -3.61. The van der Waals surface area contributed by atoms with Crippen molar-refractivity contribution in [2.75, 3.05) is 42.9 Å². The van der Waals surface area contributed by atoms with E-state index >= 15 is 0 Å². The molecule has 0 unspecified atom stereocenters. The van der Waals surface area contributed by atoms with Crippen molar-refractivity contribution in [3.05, 3.63) is 101 Å². The van der Waals surface area contributed by atoms with E-state index in [-0.39, 0.29) is 11.3 Å². The van der Waals surface area contributed by atoms with Crippen LogP contribution in [0.2, 0.25) is 5.02 Å². The van der Waals surface area contributed by atoms with Crippen molar-refractivity contribution < 1.29 is 4.79 Å². The maximum absolute atomic E-state index is 13.2. The standard InChI is InChI=1S/C32H36ClN5O/c1-32(2,3)28-22-25(23-9-11-26(33)12-10-23)21-24(30(28)35-31(39)29-13-15-34-36-29)14-16-37-17-19-38(20-18-37)27-7-5-4-6-8-27/h4-13,15,21-22H,14,16-20H2,1-3H3,(H,34,36)(H,35,39). The van der Waals surface area contributed by atoms with Gasteiger partial charge in [-0.3, -0.25) is 14.8 Å². The zero-order valence-corrected chi connectivity index (χ0v) is 23.6. The fraction of sp³-hybridized carbons (Fsp3) is 0.312. The highest BCUT2D eigenvalue weighted by Crippen LogP contribution is 2.37. The summed E-state index contributed by atoms with van der Waals surface area (Å²) in [7, 11) is 0. The molecule has 0 spiro atoms. The molecule has 7 heteroatoms. The lowest BCUT2D eigenvalue weighted by atomic mass is 9.82. The van der Waals surface area contributed by atoms with Crippen molar-refractivity contribution in [2.24, 2.45) is 0 Å². The van der Waals surface area contributed by atoms with Crippen LogP contribution in [-0.4, -0.2) is 53.7 Å². The summed E-state index contributed by atoms with van der Waals surface area (Å²) in [5.74, 6) is -0.185. The van der Waals surface area contributed by atoms with Crippen molar-refractivity contribution >= 4 is 28.9 Å². The monoisotopic (exact) mass is 541 g/mol. The average molecular weight is 542 g/mol. The molecular weight excluding hydrogens is 506 g/mol. The Bertz CT molecular complexity index is 1390. The van der Waals surface area contributed by atoms with Gasteiger partial charge in [-0.2, -0.15) is 5.10 Å². The van der Waals surface area contributed by atoms with Crippen LogP contribution in [0.5, 0.6) is 0 Å². The quantitative estimate of drug-likeness (QED) is 0.275. The lowest BCUT2D eigenvalue weighted by Gasteiger charge is -2.36. The molecule has 0 bridgehead atoms. The molecule has 3 aromatic carbocycles. The Morgan fingerprint density at radius 1 is 0.949 bits per heavy atom. The van der Waals surface area contributed by atoms with Crippen molar-refractivity contribution in [1.29, 1.82) is 0 Å².